The van der Waals surface area contributed by atoms with Crippen molar-refractivity contribution in [3.05, 3.63) is 35.4 Å². The number of benzene rings is 1. The Morgan fingerprint density at radius 1 is 1.15 bits per heavy atom. The molecule has 0 spiro atoms. The van der Waals surface area contributed by atoms with Crippen molar-refractivity contribution in [2.45, 2.75) is 91.5 Å². The SMILES string of the molecule is C#Cc1ccc(C(C(=O)NCCC(=O)OCC)N(C(=O)C(CC(C)C)NC(=O)OC(C)(C)C)C2CC2C)cc1. The van der Waals surface area contributed by atoms with Gasteiger partial charge in [0.15, 0.2) is 0 Å². The fraction of sp³-hybridized carbons (Fsp3) is 0.600. The zero-order valence-corrected chi connectivity index (χ0v) is 24.2. The van der Waals surface area contributed by atoms with Gasteiger partial charge >= 0.3 is 12.1 Å². The maximum Gasteiger partial charge on any atom is 0.408 e. The Balaban J connectivity index is 2.44. The van der Waals surface area contributed by atoms with Crippen molar-refractivity contribution in [1.82, 2.24) is 15.5 Å². The quantitative estimate of drug-likeness (QED) is 0.306. The Labute approximate surface area is 232 Å². The molecular formula is C30H43N3O6. The zero-order valence-electron chi connectivity index (χ0n) is 24.2. The lowest BCUT2D eigenvalue weighted by Gasteiger charge is -2.35. The van der Waals surface area contributed by atoms with E-state index < -0.39 is 35.7 Å². The molecule has 4 unspecified atom stereocenters. The fourth-order valence-corrected chi connectivity index (χ4v) is 4.31. The van der Waals surface area contributed by atoms with Gasteiger partial charge in [0.25, 0.3) is 0 Å². The second-order valence-corrected chi connectivity index (χ2v) is 11.4. The average Bonchev–Trinajstić information content (AvgIpc) is 3.56. The number of hydrogen-bond donors (Lipinski definition) is 2. The number of nitrogens with zero attached hydrogens (tertiary/aromatic N) is 1. The topological polar surface area (TPSA) is 114 Å². The van der Waals surface area contributed by atoms with Crippen molar-refractivity contribution in [1.29, 1.82) is 0 Å². The number of carbonyl (C=O) groups excluding carboxylic acids is 4. The van der Waals surface area contributed by atoms with Crippen LogP contribution < -0.4 is 10.6 Å². The van der Waals surface area contributed by atoms with Crippen molar-refractivity contribution in [3.63, 3.8) is 0 Å². The smallest absolute Gasteiger partial charge is 0.408 e. The highest BCUT2D eigenvalue weighted by Gasteiger charge is 2.48. The van der Waals surface area contributed by atoms with Crippen LogP contribution in [0.4, 0.5) is 4.79 Å². The highest BCUT2D eigenvalue weighted by Crippen LogP contribution is 2.41. The van der Waals surface area contributed by atoms with Crippen LogP contribution in [0.1, 0.15) is 84.9 Å². The minimum Gasteiger partial charge on any atom is -0.466 e. The normalized spacial score (nSPS) is 17.8. The van der Waals surface area contributed by atoms with Gasteiger partial charge in [0, 0.05) is 18.2 Å². The number of nitrogens with one attached hydrogen (secondary N) is 2. The molecule has 39 heavy (non-hydrogen) atoms. The third-order valence-corrected chi connectivity index (χ3v) is 6.23. The molecule has 2 rings (SSSR count). The number of alkyl carbamates (subject to hydrolysis) is 1. The summed E-state index contributed by atoms with van der Waals surface area (Å²) in [6, 6.07) is 4.83. The molecule has 2 N–H and O–H groups in total. The van der Waals surface area contributed by atoms with Gasteiger partial charge in [-0.25, -0.2) is 4.79 Å². The molecule has 9 heteroatoms. The van der Waals surface area contributed by atoms with E-state index in [2.05, 4.69) is 16.6 Å². The molecule has 0 heterocycles. The first kappa shape index (κ1) is 31.7. The van der Waals surface area contributed by atoms with Crippen LogP contribution in [0.15, 0.2) is 24.3 Å². The van der Waals surface area contributed by atoms with Crippen LogP contribution in [-0.2, 0) is 23.9 Å². The monoisotopic (exact) mass is 541 g/mol. The van der Waals surface area contributed by atoms with Crippen LogP contribution in [0.25, 0.3) is 0 Å². The molecule has 1 aromatic carbocycles. The summed E-state index contributed by atoms with van der Waals surface area (Å²) in [5, 5.41) is 5.54. The fourth-order valence-electron chi connectivity index (χ4n) is 4.31. The Kier molecular flexibility index (Phi) is 11.4. The van der Waals surface area contributed by atoms with Crippen molar-refractivity contribution >= 4 is 23.9 Å². The Morgan fingerprint density at radius 3 is 2.26 bits per heavy atom. The number of amides is 3. The zero-order chi connectivity index (χ0) is 29.3. The lowest BCUT2D eigenvalue weighted by atomic mass is 9.98. The first-order valence-corrected chi connectivity index (χ1v) is 13.6. The van der Waals surface area contributed by atoms with Gasteiger partial charge in [0.1, 0.15) is 17.7 Å². The third-order valence-electron chi connectivity index (χ3n) is 6.23. The lowest BCUT2D eigenvalue weighted by molar-refractivity contribution is -0.145. The first-order valence-electron chi connectivity index (χ1n) is 13.6. The minimum atomic E-state index is -0.989. The van der Waals surface area contributed by atoms with E-state index in [0.29, 0.717) is 17.5 Å². The maximum atomic E-state index is 14.2. The molecule has 0 bridgehead atoms. The predicted molar refractivity (Wildman–Crippen MR) is 148 cm³/mol. The van der Waals surface area contributed by atoms with E-state index in [0.717, 1.165) is 6.42 Å². The molecular weight excluding hydrogens is 498 g/mol. The molecule has 1 aromatic rings. The summed E-state index contributed by atoms with van der Waals surface area (Å²) in [4.78, 5) is 53.9. The van der Waals surface area contributed by atoms with Gasteiger partial charge in [0.2, 0.25) is 11.8 Å². The molecule has 9 nitrogen and oxygen atoms in total. The van der Waals surface area contributed by atoms with E-state index >= 15 is 0 Å². The summed E-state index contributed by atoms with van der Waals surface area (Å²) in [5.41, 5.74) is 0.484. The van der Waals surface area contributed by atoms with Crippen LogP contribution in [0.5, 0.6) is 0 Å². The van der Waals surface area contributed by atoms with E-state index in [1.807, 2.05) is 20.8 Å². The van der Waals surface area contributed by atoms with Gasteiger partial charge in [0.05, 0.1) is 13.0 Å². The van der Waals surface area contributed by atoms with E-state index in [9.17, 15) is 19.2 Å². The Morgan fingerprint density at radius 2 is 1.77 bits per heavy atom. The summed E-state index contributed by atoms with van der Waals surface area (Å²) >= 11 is 0. The van der Waals surface area contributed by atoms with Gasteiger partial charge in [-0.15, -0.1) is 6.42 Å². The largest absolute Gasteiger partial charge is 0.466 e. The van der Waals surface area contributed by atoms with Gasteiger partial charge in [-0.1, -0.05) is 38.8 Å². The first-order chi connectivity index (χ1) is 18.3. The Bertz CT molecular complexity index is 1050. The summed E-state index contributed by atoms with van der Waals surface area (Å²) in [5.74, 6) is 1.60. The number of terminal acetylenes is 1. The van der Waals surface area contributed by atoms with Gasteiger partial charge < -0.3 is 25.0 Å². The summed E-state index contributed by atoms with van der Waals surface area (Å²) in [6.45, 7) is 13.2. The number of ether oxygens (including phenoxy) is 2. The average molecular weight is 542 g/mol. The highest BCUT2D eigenvalue weighted by molar-refractivity contribution is 5.92. The number of carbonyl (C=O) groups is 4. The van der Waals surface area contributed by atoms with Crippen molar-refractivity contribution in [2.24, 2.45) is 11.8 Å². The molecule has 1 saturated carbocycles. The molecule has 4 atom stereocenters. The predicted octanol–water partition coefficient (Wildman–Crippen LogP) is 3.95. The van der Waals surface area contributed by atoms with Crippen LogP contribution in [0, 0.1) is 24.2 Å². The van der Waals surface area contributed by atoms with Crippen LogP contribution in [-0.4, -0.2) is 59.6 Å². The molecule has 1 aliphatic carbocycles. The second kappa shape index (κ2) is 14.0. The number of hydrogen-bond acceptors (Lipinski definition) is 6. The highest BCUT2D eigenvalue weighted by atomic mass is 16.6. The summed E-state index contributed by atoms with van der Waals surface area (Å²) < 4.78 is 10.4. The molecule has 1 aliphatic rings. The maximum absolute atomic E-state index is 14.2. The Hall–Kier alpha value is -3.54. The van der Waals surface area contributed by atoms with Crippen LogP contribution >= 0.6 is 0 Å². The van der Waals surface area contributed by atoms with Crippen LogP contribution in [0.3, 0.4) is 0 Å². The lowest BCUT2D eigenvalue weighted by Crippen LogP contribution is -2.54. The molecule has 0 aliphatic heterocycles. The molecule has 1 fully saturated rings. The second-order valence-electron chi connectivity index (χ2n) is 11.4. The van der Waals surface area contributed by atoms with Crippen LogP contribution in [0.2, 0.25) is 0 Å². The van der Waals surface area contributed by atoms with E-state index in [1.54, 1.807) is 56.9 Å². The van der Waals surface area contributed by atoms with E-state index in [-0.39, 0.29) is 43.4 Å². The van der Waals surface area contributed by atoms with Crippen molar-refractivity contribution in [2.75, 3.05) is 13.2 Å². The minimum absolute atomic E-state index is 0.00623. The van der Waals surface area contributed by atoms with Crippen molar-refractivity contribution < 1.29 is 28.7 Å². The molecule has 3 amide bonds. The van der Waals surface area contributed by atoms with Gasteiger partial charge in [-0.3, -0.25) is 14.4 Å². The van der Waals surface area contributed by atoms with Crippen molar-refractivity contribution in [3.8, 4) is 12.3 Å². The number of rotatable bonds is 12. The summed E-state index contributed by atoms with van der Waals surface area (Å²) in [7, 11) is 0. The van der Waals surface area contributed by atoms with E-state index in [4.69, 9.17) is 15.9 Å². The van der Waals surface area contributed by atoms with Gasteiger partial charge in [-0.2, -0.15) is 0 Å². The third kappa shape index (κ3) is 9.93. The molecule has 0 aromatic heterocycles. The summed E-state index contributed by atoms with van der Waals surface area (Å²) in [6.07, 6.45) is 5.92. The molecule has 214 valence electrons. The standard InChI is InChI=1S/C30H43N3O6/c1-9-21-11-13-22(14-12-21)26(27(35)31-16-15-25(34)38-10-2)33(24-18-20(24)5)28(36)23(17-19(3)4)32-29(37)39-30(6,7)8/h1,11-14,19-20,23-24,26H,10,15-18H2,2-8H3,(H,31,35)(H,32,37). The van der Waals surface area contributed by atoms with Gasteiger partial charge in [-0.05, 0) is 70.1 Å². The number of esters is 1. The molecule has 0 radical (unpaired) electrons. The molecule has 0 saturated heterocycles. The van der Waals surface area contributed by atoms with E-state index in [1.165, 1.54) is 0 Å².